The number of nitrogens with zero attached hydrogens (tertiary/aromatic N) is 2. The molecule has 1 saturated carbocycles. The van der Waals surface area contributed by atoms with Gasteiger partial charge >= 0.3 is 0 Å². The van der Waals surface area contributed by atoms with Crippen molar-refractivity contribution in [2.45, 2.75) is 45.1 Å². The number of carbonyl (C=O) groups excluding carboxylic acids is 1. The van der Waals surface area contributed by atoms with E-state index in [1.165, 1.54) is 12.8 Å². The van der Waals surface area contributed by atoms with Crippen LogP contribution < -0.4 is 5.32 Å². The van der Waals surface area contributed by atoms with Gasteiger partial charge in [-0.2, -0.15) is 0 Å². The molecule has 2 rings (SSSR count). The van der Waals surface area contributed by atoms with E-state index in [1.807, 2.05) is 4.90 Å². The van der Waals surface area contributed by atoms with Gasteiger partial charge in [0.15, 0.2) is 0 Å². The monoisotopic (exact) mass is 253 g/mol. The first-order chi connectivity index (χ1) is 8.35. The minimum absolute atomic E-state index is 0.144. The molecule has 1 saturated heterocycles. The van der Waals surface area contributed by atoms with E-state index < -0.39 is 0 Å². The number of hydrogen-bond donors (Lipinski definition) is 1. The van der Waals surface area contributed by atoms with E-state index in [1.54, 1.807) is 0 Å². The van der Waals surface area contributed by atoms with Crippen LogP contribution >= 0.6 is 0 Å². The normalized spacial score (nSPS) is 23.6. The maximum atomic E-state index is 12.5. The summed E-state index contributed by atoms with van der Waals surface area (Å²) in [6.45, 7) is 7.05. The molecule has 1 N–H and O–H groups in total. The highest BCUT2D eigenvalue weighted by Gasteiger charge is 2.48. The minimum atomic E-state index is -0.200. The standard InChI is InChI=1S/C14H27N3O/c1-13(2,9-16(3)4)10-17-11-15-14(12(17)18)7-5-6-8-14/h15H,5-11H2,1-4H3. The molecule has 1 aliphatic carbocycles. The Morgan fingerprint density at radius 1 is 1.33 bits per heavy atom. The average Bonchev–Trinajstić information content (AvgIpc) is 2.80. The summed E-state index contributed by atoms with van der Waals surface area (Å²) in [7, 11) is 4.18. The lowest BCUT2D eigenvalue weighted by Crippen LogP contribution is -2.46. The third kappa shape index (κ3) is 2.69. The molecule has 1 heterocycles. The summed E-state index contributed by atoms with van der Waals surface area (Å²) in [6.07, 6.45) is 4.42. The lowest BCUT2D eigenvalue weighted by atomic mass is 9.91. The van der Waals surface area contributed by atoms with Crippen LogP contribution in [-0.2, 0) is 4.79 Å². The zero-order chi connectivity index (χ0) is 13.4. The molecule has 1 amide bonds. The maximum absolute atomic E-state index is 12.5. The Bertz CT molecular complexity index is 319. The molecule has 0 radical (unpaired) electrons. The van der Waals surface area contributed by atoms with Crippen molar-refractivity contribution in [1.29, 1.82) is 0 Å². The van der Waals surface area contributed by atoms with Crippen molar-refractivity contribution in [3.8, 4) is 0 Å². The molecule has 2 fully saturated rings. The van der Waals surface area contributed by atoms with Gasteiger partial charge in [-0.05, 0) is 32.4 Å². The number of rotatable bonds is 4. The van der Waals surface area contributed by atoms with Gasteiger partial charge in [0.2, 0.25) is 5.91 Å². The summed E-state index contributed by atoms with van der Waals surface area (Å²) in [6, 6.07) is 0. The Kier molecular flexibility index (Phi) is 3.70. The molecule has 0 unspecified atom stereocenters. The fraction of sp³-hybridized carbons (Fsp3) is 0.929. The van der Waals surface area contributed by atoms with Crippen LogP contribution in [0.25, 0.3) is 0 Å². The number of amides is 1. The summed E-state index contributed by atoms with van der Waals surface area (Å²) >= 11 is 0. The predicted octanol–water partition coefficient (Wildman–Crippen LogP) is 1.28. The van der Waals surface area contributed by atoms with Crippen molar-refractivity contribution in [3.63, 3.8) is 0 Å². The fourth-order valence-corrected chi connectivity index (χ4v) is 3.62. The van der Waals surface area contributed by atoms with Crippen LogP contribution in [0.15, 0.2) is 0 Å². The number of nitrogens with one attached hydrogen (secondary N) is 1. The van der Waals surface area contributed by atoms with Gasteiger partial charge in [0.05, 0.1) is 12.2 Å². The number of hydrogen-bond acceptors (Lipinski definition) is 3. The Hall–Kier alpha value is -0.610. The molecule has 0 aromatic rings. The van der Waals surface area contributed by atoms with Crippen molar-refractivity contribution in [3.05, 3.63) is 0 Å². The van der Waals surface area contributed by atoms with E-state index in [2.05, 4.69) is 38.2 Å². The summed E-state index contributed by atoms with van der Waals surface area (Å²) in [5.74, 6) is 0.340. The highest BCUT2D eigenvalue weighted by molar-refractivity contribution is 5.88. The molecule has 1 aliphatic heterocycles. The second-order valence-corrected chi connectivity index (χ2v) is 7.03. The highest BCUT2D eigenvalue weighted by atomic mass is 16.2. The minimum Gasteiger partial charge on any atom is -0.328 e. The van der Waals surface area contributed by atoms with E-state index in [0.717, 1.165) is 32.6 Å². The van der Waals surface area contributed by atoms with Crippen LogP contribution in [0.4, 0.5) is 0 Å². The lowest BCUT2D eigenvalue weighted by Gasteiger charge is -2.33. The van der Waals surface area contributed by atoms with E-state index in [9.17, 15) is 4.79 Å². The average molecular weight is 253 g/mol. The van der Waals surface area contributed by atoms with Gasteiger partial charge in [-0.25, -0.2) is 0 Å². The third-order valence-electron chi connectivity index (χ3n) is 4.13. The molecule has 4 heteroatoms. The van der Waals surface area contributed by atoms with Gasteiger partial charge in [0.1, 0.15) is 0 Å². The molecular weight excluding hydrogens is 226 g/mol. The lowest BCUT2D eigenvalue weighted by molar-refractivity contribution is -0.133. The molecule has 2 aliphatic rings. The fourth-order valence-electron chi connectivity index (χ4n) is 3.62. The van der Waals surface area contributed by atoms with Crippen LogP contribution in [0.1, 0.15) is 39.5 Å². The molecule has 18 heavy (non-hydrogen) atoms. The Labute approximate surface area is 111 Å². The van der Waals surface area contributed by atoms with Gasteiger partial charge in [-0.1, -0.05) is 26.7 Å². The first kappa shape index (κ1) is 13.8. The third-order valence-corrected chi connectivity index (χ3v) is 4.13. The molecule has 4 nitrogen and oxygen atoms in total. The van der Waals surface area contributed by atoms with E-state index in [-0.39, 0.29) is 11.0 Å². The smallest absolute Gasteiger partial charge is 0.243 e. The van der Waals surface area contributed by atoms with Gasteiger partial charge in [-0.15, -0.1) is 0 Å². The van der Waals surface area contributed by atoms with E-state index in [4.69, 9.17) is 0 Å². The quantitative estimate of drug-likeness (QED) is 0.820. The van der Waals surface area contributed by atoms with Crippen LogP contribution in [0.3, 0.4) is 0 Å². The molecular formula is C14H27N3O. The van der Waals surface area contributed by atoms with Crippen molar-refractivity contribution in [1.82, 2.24) is 15.1 Å². The molecule has 0 atom stereocenters. The molecule has 104 valence electrons. The van der Waals surface area contributed by atoms with Crippen LogP contribution in [0.2, 0.25) is 0 Å². The van der Waals surface area contributed by atoms with Crippen molar-refractivity contribution in [2.75, 3.05) is 33.9 Å². The topological polar surface area (TPSA) is 35.6 Å². The van der Waals surface area contributed by atoms with Crippen LogP contribution in [-0.4, -0.2) is 55.1 Å². The first-order valence-electron chi connectivity index (χ1n) is 7.04. The Morgan fingerprint density at radius 2 is 1.94 bits per heavy atom. The second kappa shape index (κ2) is 4.82. The van der Waals surface area contributed by atoms with Gasteiger partial charge < -0.3 is 9.80 Å². The zero-order valence-corrected chi connectivity index (χ0v) is 12.3. The van der Waals surface area contributed by atoms with Crippen LogP contribution in [0, 0.1) is 5.41 Å². The summed E-state index contributed by atoms with van der Waals surface area (Å²) in [5, 5.41) is 3.47. The van der Waals surface area contributed by atoms with Crippen molar-refractivity contribution in [2.24, 2.45) is 5.41 Å². The first-order valence-corrected chi connectivity index (χ1v) is 7.04. The van der Waals surface area contributed by atoms with E-state index in [0.29, 0.717) is 5.91 Å². The number of carbonyl (C=O) groups is 1. The molecule has 0 aromatic carbocycles. The second-order valence-electron chi connectivity index (χ2n) is 7.03. The largest absolute Gasteiger partial charge is 0.328 e. The predicted molar refractivity (Wildman–Crippen MR) is 73.2 cm³/mol. The van der Waals surface area contributed by atoms with E-state index >= 15 is 0 Å². The van der Waals surface area contributed by atoms with Crippen molar-refractivity contribution < 1.29 is 4.79 Å². The van der Waals surface area contributed by atoms with Gasteiger partial charge in [0, 0.05) is 13.1 Å². The highest BCUT2D eigenvalue weighted by Crippen LogP contribution is 2.35. The molecule has 0 bridgehead atoms. The van der Waals surface area contributed by atoms with Gasteiger partial charge in [-0.3, -0.25) is 10.1 Å². The molecule has 1 spiro atoms. The summed E-state index contributed by atoms with van der Waals surface area (Å²) < 4.78 is 0. The molecule has 0 aromatic heterocycles. The van der Waals surface area contributed by atoms with Crippen LogP contribution in [0.5, 0.6) is 0 Å². The zero-order valence-electron chi connectivity index (χ0n) is 12.3. The summed E-state index contributed by atoms with van der Waals surface area (Å²) in [4.78, 5) is 16.8. The SMILES string of the molecule is CN(C)CC(C)(C)CN1CNC2(CCCC2)C1=O. The maximum Gasteiger partial charge on any atom is 0.243 e. The van der Waals surface area contributed by atoms with Crippen molar-refractivity contribution >= 4 is 5.91 Å². The summed E-state index contributed by atoms with van der Waals surface area (Å²) in [5.41, 5.74) is -0.0564. The van der Waals surface area contributed by atoms with Gasteiger partial charge in [0.25, 0.3) is 0 Å². The Morgan fingerprint density at radius 3 is 2.50 bits per heavy atom. The Balaban J connectivity index is 1.97.